The molecule has 1 heterocycles. The largest absolute Gasteiger partial charge is 0.466 e. The monoisotopic (exact) mass is 331 g/mol. The summed E-state index contributed by atoms with van der Waals surface area (Å²) in [4.78, 5) is 0. The van der Waals surface area contributed by atoms with Crippen LogP contribution in [0.4, 0.5) is 8.78 Å². The second kappa shape index (κ2) is 6.16. The van der Waals surface area contributed by atoms with E-state index in [1.54, 1.807) is 31.5 Å². The molecule has 0 aliphatic heterocycles. The third-order valence-electron chi connectivity index (χ3n) is 2.63. The fourth-order valence-electron chi connectivity index (χ4n) is 1.80. The molecule has 0 aliphatic rings. The maximum absolute atomic E-state index is 12.1. The summed E-state index contributed by atoms with van der Waals surface area (Å²) in [6.45, 7) is -2.81. The molecule has 0 spiro atoms. The van der Waals surface area contributed by atoms with E-state index in [9.17, 15) is 8.78 Å². The minimum absolute atomic E-state index is 0.132. The Morgan fingerprint density at radius 2 is 1.89 bits per heavy atom. The van der Waals surface area contributed by atoms with Gasteiger partial charge in [-0.05, 0) is 46.7 Å². The van der Waals surface area contributed by atoms with Crippen molar-refractivity contribution in [3.05, 3.63) is 52.4 Å². The number of benzene rings is 1. The Labute approximate surface area is 117 Å². The standard InChI is InChI=1S/C13H12BrF2NO2/c1-17-11(12-10(14)6-7-18-12)8-2-4-9(5-3-8)19-13(15)16/h2-7,11,13,17H,1H3. The Morgan fingerprint density at radius 1 is 1.21 bits per heavy atom. The summed E-state index contributed by atoms with van der Waals surface area (Å²) in [6, 6.07) is 8.08. The number of hydrogen-bond donors (Lipinski definition) is 1. The van der Waals surface area contributed by atoms with Gasteiger partial charge in [0.05, 0.1) is 16.8 Å². The smallest absolute Gasteiger partial charge is 0.387 e. The molecule has 6 heteroatoms. The summed E-state index contributed by atoms with van der Waals surface area (Å²) in [5.74, 6) is 0.858. The lowest BCUT2D eigenvalue weighted by molar-refractivity contribution is -0.0498. The van der Waals surface area contributed by atoms with Crippen LogP contribution >= 0.6 is 15.9 Å². The maximum atomic E-state index is 12.1. The number of ether oxygens (including phenoxy) is 1. The highest BCUT2D eigenvalue weighted by Gasteiger charge is 2.18. The highest BCUT2D eigenvalue weighted by atomic mass is 79.9. The van der Waals surface area contributed by atoms with Crippen LogP contribution in [-0.2, 0) is 0 Å². The third-order valence-corrected chi connectivity index (χ3v) is 3.29. The summed E-state index contributed by atoms with van der Waals surface area (Å²) in [5, 5.41) is 3.11. The fourth-order valence-corrected chi connectivity index (χ4v) is 2.23. The van der Waals surface area contributed by atoms with Crippen molar-refractivity contribution >= 4 is 15.9 Å². The van der Waals surface area contributed by atoms with Gasteiger partial charge in [-0.2, -0.15) is 8.78 Å². The molecule has 0 saturated carbocycles. The van der Waals surface area contributed by atoms with Gasteiger partial charge >= 0.3 is 6.61 Å². The predicted molar refractivity (Wildman–Crippen MR) is 70.4 cm³/mol. The summed E-state index contributed by atoms with van der Waals surface area (Å²) < 4.78 is 34.7. The second-order valence-corrected chi connectivity index (χ2v) is 4.66. The predicted octanol–water partition coefficient (Wildman–Crippen LogP) is 3.95. The summed E-state index contributed by atoms with van der Waals surface area (Å²) in [6.07, 6.45) is 1.58. The van der Waals surface area contributed by atoms with Crippen LogP contribution in [0.1, 0.15) is 17.4 Å². The molecule has 0 radical (unpaired) electrons. The van der Waals surface area contributed by atoms with Crippen molar-refractivity contribution in [2.45, 2.75) is 12.7 Å². The van der Waals surface area contributed by atoms with Crippen molar-refractivity contribution < 1.29 is 17.9 Å². The van der Waals surface area contributed by atoms with E-state index in [1.165, 1.54) is 12.1 Å². The van der Waals surface area contributed by atoms with Crippen LogP contribution in [-0.4, -0.2) is 13.7 Å². The number of nitrogens with one attached hydrogen (secondary N) is 1. The van der Waals surface area contributed by atoms with Crippen LogP contribution < -0.4 is 10.1 Å². The van der Waals surface area contributed by atoms with Gasteiger partial charge < -0.3 is 14.5 Å². The Kier molecular flexibility index (Phi) is 4.55. The zero-order chi connectivity index (χ0) is 13.8. The molecule has 1 aromatic heterocycles. The first-order chi connectivity index (χ1) is 9.11. The van der Waals surface area contributed by atoms with Crippen molar-refractivity contribution in [2.75, 3.05) is 7.05 Å². The van der Waals surface area contributed by atoms with E-state index in [0.717, 1.165) is 15.8 Å². The van der Waals surface area contributed by atoms with Gasteiger partial charge in [-0.1, -0.05) is 12.1 Å². The van der Waals surface area contributed by atoms with E-state index >= 15 is 0 Å². The summed E-state index contributed by atoms with van der Waals surface area (Å²) in [5.41, 5.74) is 0.889. The molecule has 1 atom stereocenters. The van der Waals surface area contributed by atoms with Gasteiger partial charge in [0.15, 0.2) is 0 Å². The molecule has 0 bridgehead atoms. The Bertz CT molecular complexity index is 528. The molecule has 1 aromatic carbocycles. The lowest BCUT2D eigenvalue weighted by Crippen LogP contribution is -2.17. The molecule has 0 aliphatic carbocycles. The molecule has 0 saturated heterocycles. The van der Waals surface area contributed by atoms with E-state index in [4.69, 9.17) is 4.42 Å². The van der Waals surface area contributed by atoms with Crippen molar-refractivity contribution in [3.8, 4) is 5.75 Å². The summed E-state index contributed by atoms with van der Waals surface area (Å²) in [7, 11) is 1.79. The van der Waals surface area contributed by atoms with E-state index < -0.39 is 6.61 Å². The van der Waals surface area contributed by atoms with Gasteiger partial charge in [-0.3, -0.25) is 0 Å². The molecule has 2 aromatic rings. The molecule has 2 rings (SSSR count). The molecule has 0 amide bonds. The zero-order valence-corrected chi connectivity index (χ0v) is 11.7. The molecular weight excluding hydrogens is 320 g/mol. The number of furan rings is 1. The van der Waals surface area contributed by atoms with Crippen molar-refractivity contribution in [1.29, 1.82) is 0 Å². The fraction of sp³-hybridized carbons (Fsp3) is 0.231. The van der Waals surface area contributed by atoms with Gasteiger partial charge in [-0.25, -0.2) is 0 Å². The quantitative estimate of drug-likeness (QED) is 0.900. The van der Waals surface area contributed by atoms with E-state index in [1.807, 2.05) is 0 Å². The highest BCUT2D eigenvalue weighted by molar-refractivity contribution is 9.10. The number of hydrogen-bond acceptors (Lipinski definition) is 3. The molecule has 19 heavy (non-hydrogen) atoms. The van der Waals surface area contributed by atoms with Crippen molar-refractivity contribution in [2.24, 2.45) is 0 Å². The minimum Gasteiger partial charge on any atom is -0.466 e. The van der Waals surface area contributed by atoms with Crippen LogP contribution in [0.3, 0.4) is 0 Å². The Balaban J connectivity index is 2.22. The normalized spacial score (nSPS) is 12.7. The van der Waals surface area contributed by atoms with Crippen LogP contribution in [0.15, 0.2) is 45.5 Å². The molecule has 1 unspecified atom stereocenters. The lowest BCUT2D eigenvalue weighted by Gasteiger charge is -2.15. The van der Waals surface area contributed by atoms with Crippen molar-refractivity contribution in [3.63, 3.8) is 0 Å². The second-order valence-electron chi connectivity index (χ2n) is 3.80. The topological polar surface area (TPSA) is 34.4 Å². The average Bonchev–Trinajstić information content (AvgIpc) is 2.78. The first kappa shape index (κ1) is 14.0. The SMILES string of the molecule is CNC(c1ccc(OC(F)F)cc1)c1occc1Br. The zero-order valence-electron chi connectivity index (χ0n) is 10.1. The van der Waals surface area contributed by atoms with Gasteiger partial charge in [0.1, 0.15) is 11.5 Å². The average molecular weight is 332 g/mol. The van der Waals surface area contributed by atoms with E-state index in [-0.39, 0.29) is 11.8 Å². The van der Waals surface area contributed by atoms with Gasteiger partial charge in [0, 0.05) is 0 Å². The van der Waals surface area contributed by atoms with Crippen LogP contribution in [0.2, 0.25) is 0 Å². The maximum Gasteiger partial charge on any atom is 0.387 e. The Morgan fingerprint density at radius 3 is 2.37 bits per heavy atom. The lowest BCUT2D eigenvalue weighted by atomic mass is 10.0. The highest BCUT2D eigenvalue weighted by Crippen LogP contribution is 2.30. The minimum atomic E-state index is -2.81. The van der Waals surface area contributed by atoms with Crippen molar-refractivity contribution in [1.82, 2.24) is 5.32 Å². The van der Waals surface area contributed by atoms with Crippen LogP contribution in [0, 0.1) is 0 Å². The first-order valence-electron chi connectivity index (χ1n) is 5.56. The van der Waals surface area contributed by atoms with Crippen LogP contribution in [0.25, 0.3) is 0 Å². The molecular formula is C13H12BrF2NO2. The van der Waals surface area contributed by atoms with Gasteiger partial charge in [-0.15, -0.1) is 0 Å². The summed E-state index contributed by atoms with van der Waals surface area (Å²) >= 11 is 3.39. The number of rotatable bonds is 5. The first-order valence-corrected chi connectivity index (χ1v) is 6.36. The molecule has 102 valence electrons. The molecule has 3 nitrogen and oxygen atoms in total. The van der Waals surface area contributed by atoms with E-state index in [0.29, 0.717) is 0 Å². The number of halogens is 3. The molecule has 1 N–H and O–H groups in total. The third kappa shape index (κ3) is 3.33. The van der Waals surface area contributed by atoms with E-state index in [2.05, 4.69) is 26.0 Å². The van der Waals surface area contributed by atoms with Crippen LogP contribution in [0.5, 0.6) is 5.75 Å². The molecule has 0 fully saturated rings. The number of alkyl halides is 2. The van der Waals surface area contributed by atoms with Gasteiger partial charge in [0.25, 0.3) is 0 Å². The Hall–Kier alpha value is -1.40. The van der Waals surface area contributed by atoms with Gasteiger partial charge in [0.2, 0.25) is 0 Å².